The van der Waals surface area contributed by atoms with Gasteiger partial charge in [-0.05, 0) is 63.5 Å². The van der Waals surface area contributed by atoms with Gasteiger partial charge in [-0.25, -0.2) is 9.37 Å². The number of hydrogen-bond donors (Lipinski definition) is 2. The molecule has 1 heterocycles. The average molecular weight is 316 g/mol. The topological polar surface area (TPSA) is 57.3 Å². The van der Waals surface area contributed by atoms with E-state index >= 15 is 0 Å². The number of carbonyl (C=O) groups is 1. The maximum Gasteiger partial charge on any atom is 0.251 e. The van der Waals surface area contributed by atoms with E-state index in [1.807, 2.05) is 14.1 Å². The molecule has 1 amide bonds. The Morgan fingerprint density at radius 3 is 2.65 bits per heavy atom. The van der Waals surface area contributed by atoms with Crippen LogP contribution in [0.1, 0.15) is 16.8 Å². The molecule has 0 radical (unpaired) electrons. The highest BCUT2D eigenvalue weighted by Gasteiger charge is 2.06. The molecule has 5 nitrogen and oxygen atoms in total. The van der Waals surface area contributed by atoms with Crippen molar-refractivity contribution in [3.8, 4) is 0 Å². The van der Waals surface area contributed by atoms with Crippen LogP contribution in [-0.2, 0) is 0 Å². The Balaban J connectivity index is 1.93. The zero-order valence-electron chi connectivity index (χ0n) is 13.3. The van der Waals surface area contributed by atoms with E-state index in [1.54, 1.807) is 30.5 Å². The van der Waals surface area contributed by atoms with Crippen molar-refractivity contribution in [2.75, 3.05) is 32.5 Å². The first-order chi connectivity index (χ1) is 11.0. The number of halogens is 1. The number of benzene rings is 1. The van der Waals surface area contributed by atoms with Crippen LogP contribution in [0.4, 0.5) is 15.9 Å². The predicted molar refractivity (Wildman–Crippen MR) is 89.4 cm³/mol. The summed E-state index contributed by atoms with van der Waals surface area (Å²) < 4.78 is 12.9. The van der Waals surface area contributed by atoms with Crippen LogP contribution in [0.3, 0.4) is 0 Å². The molecule has 2 rings (SSSR count). The molecule has 0 saturated heterocycles. The number of carbonyl (C=O) groups excluding carboxylic acids is 1. The Kier molecular flexibility index (Phi) is 6.05. The van der Waals surface area contributed by atoms with Crippen molar-refractivity contribution in [2.24, 2.45) is 0 Å². The van der Waals surface area contributed by atoms with Gasteiger partial charge in [-0.3, -0.25) is 4.79 Å². The van der Waals surface area contributed by atoms with E-state index in [1.165, 1.54) is 12.1 Å². The van der Waals surface area contributed by atoms with E-state index in [0.29, 0.717) is 23.6 Å². The van der Waals surface area contributed by atoms with E-state index in [0.717, 1.165) is 13.0 Å². The quantitative estimate of drug-likeness (QED) is 0.771. The second-order valence-electron chi connectivity index (χ2n) is 5.47. The van der Waals surface area contributed by atoms with Crippen molar-refractivity contribution in [3.05, 3.63) is 54.0 Å². The molecule has 0 saturated carbocycles. The number of pyridine rings is 1. The summed E-state index contributed by atoms with van der Waals surface area (Å²) in [5.41, 5.74) is 1.25. The normalized spacial score (nSPS) is 10.6. The summed E-state index contributed by atoms with van der Waals surface area (Å²) in [6.45, 7) is 1.55. The molecular weight excluding hydrogens is 295 g/mol. The van der Waals surface area contributed by atoms with Gasteiger partial charge in [0.15, 0.2) is 0 Å². The molecule has 0 fully saturated rings. The first-order valence-corrected chi connectivity index (χ1v) is 7.46. The summed E-state index contributed by atoms with van der Waals surface area (Å²) >= 11 is 0. The number of nitrogens with zero attached hydrogens (tertiary/aromatic N) is 2. The number of aromatic nitrogens is 1. The zero-order chi connectivity index (χ0) is 16.7. The van der Waals surface area contributed by atoms with Gasteiger partial charge in [-0.1, -0.05) is 0 Å². The monoisotopic (exact) mass is 316 g/mol. The molecule has 0 spiro atoms. The SMILES string of the molecule is CN(C)CCCNC(=O)c1ccnc(Nc2ccc(F)cc2)c1. The van der Waals surface area contributed by atoms with Gasteiger partial charge in [-0.15, -0.1) is 0 Å². The first kappa shape index (κ1) is 16.9. The molecule has 1 aromatic heterocycles. The van der Waals surface area contributed by atoms with Crippen LogP contribution in [0.15, 0.2) is 42.6 Å². The van der Waals surface area contributed by atoms with Gasteiger partial charge in [0, 0.05) is 24.0 Å². The predicted octanol–water partition coefficient (Wildman–Crippen LogP) is 2.65. The fraction of sp³-hybridized carbons (Fsp3) is 0.294. The van der Waals surface area contributed by atoms with Gasteiger partial charge in [-0.2, -0.15) is 0 Å². The highest BCUT2D eigenvalue weighted by molar-refractivity contribution is 5.94. The van der Waals surface area contributed by atoms with Crippen LogP contribution in [0.5, 0.6) is 0 Å². The van der Waals surface area contributed by atoms with Gasteiger partial charge in [0.1, 0.15) is 11.6 Å². The number of hydrogen-bond acceptors (Lipinski definition) is 4. The van der Waals surface area contributed by atoms with Crippen molar-refractivity contribution >= 4 is 17.4 Å². The third kappa shape index (κ3) is 5.67. The van der Waals surface area contributed by atoms with Crippen molar-refractivity contribution in [2.45, 2.75) is 6.42 Å². The molecule has 23 heavy (non-hydrogen) atoms. The summed E-state index contributed by atoms with van der Waals surface area (Å²) in [5.74, 6) is 0.111. The summed E-state index contributed by atoms with van der Waals surface area (Å²) in [5, 5.41) is 5.93. The van der Waals surface area contributed by atoms with E-state index in [9.17, 15) is 9.18 Å². The molecule has 6 heteroatoms. The summed E-state index contributed by atoms with van der Waals surface area (Å²) in [6.07, 6.45) is 2.46. The summed E-state index contributed by atoms with van der Waals surface area (Å²) in [6, 6.07) is 9.30. The lowest BCUT2D eigenvalue weighted by atomic mass is 10.2. The Bertz CT molecular complexity index is 643. The Morgan fingerprint density at radius 2 is 1.96 bits per heavy atom. The Labute approximate surface area is 135 Å². The van der Waals surface area contributed by atoms with Gasteiger partial charge in [0.25, 0.3) is 5.91 Å². The maximum absolute atomic E-state index is 12.9. The number of rotatable bonds is 7. The molecule has 0 unspecified atom stereocenters. The lowest BCUT2D eigenvalue weighted by Gasteiger charge is -2.10. The Hall–Kier alpha value is -2.47. The van der Waals surface area contributed by atoms with Crippen LogP contribution in [-0.4, -0.2) is 43.0 Å². The van der Waals surface area contributed by atoms with Crippen LogP contribution in [0.2, 0.25) is 0 Å². The molecule has 0 atom stereocenters. The third-order valence-corrected chi connectivity index (χ3v) is 3.21. The van der Waals surface area contributed by atoms with Gasteiger partial charge in [0.05, 0.1) is 0 Å². The Morgan fingerprint density at radius 1 is 1.22 bits per heavy atom. The fourth-order valence-electron chi connectivity index (χ4n) is 2.02. The van der Waals surface area contributed by atoms with Crippen LogP contribution >= 0.6 is 0 Å². The molecule has 0 aliphatic heterocycles. The van der Waals surface area contributed by atoms with E-state index in [-0.39, 0.29) is 11.7 Å². The number of anilines is 2. The minimum atomic E-state index is -0.297. The molecule has 0 aliphatic carbocycles. The van der Waals surface area contributed by atoms with Gasteiger partial charge >= 0.3 is 0 Å². The second-order valence-corrected chi connectivity index (χ2v) is 5.47. The smallest absolute Gasteiger partial charge is 0.251 e. The number of amides is 1. The minimum Gasteiger partial charge on any atom is -0.352 e. The first-order valence-electron chi connectivity index (χ1n) is 7.46. The molecule has 1 aromatic carbocycles. The van der Waals surface area contributed by atoms with Gasteiger partial charge in [0.2, 0.25) is 0 Å². The fourth-order valence-corrected chi connectivity index (χ4v) is 2.02. The highest BCUT2D eigenvalue weighted by Crippen LogP contribution is 2.15. The molecule has 122 valence electrons. The minimum absolute atomic E-state index is 0.131. The van der Waals surface area contributed by atoms with Crippen LogP contribution in [0.25, 0.3) is 0 Å². The number of nitrogens with one attached hydrogen (secondary N) is 2. The largest absolute Gasteiger partial charge is 0.352 e. The van der Waals surface area contributed by atoms with E-state index in [2.05, 4.69) is 20.5 Å². The van der Waals surface area contributed by atoms with Gasteiger partial charge < -0.3 is 15.5 Å². The van der Waals surface area contributed by atoms with E-state index < -0.39 is 0 Å². The molecule has 0 bridgehead atoms. The van der Waals surface area contributed by atoms with Crippen LogP contribution in [0, 0.1) is 5.82 Å². The molecule has 0 aliphatic rings. The van der Waals surface area contributed by atoms with Crippen molar-refractivity contribution in [3.63, 3.8) is 0 Å². The second kappa shape index (κ2) is 8.24. The highest BCUT2D eigenvalue weighted by atomic mass is 19.1. The average Bonchev–Trinajstić information content (AvgIpc) is 2.54. The van der Waals surface area contributed by atoms with Crippen LogP contribution < -0.4 is 10.6 Å². The summed E-state index contributed by atoms with van der Waals surface area (Å²) in [4.78, 5) is 18.3. The zero-order valence-corrected chi connectivity index (χ0v) is 13.3. The third-order valence-electron chi connectivity index (χ3n) is 3.21. The van der Waals surface area contributed by atoms with Crippen molar-refractivity contribution in [1.82, 2.24) is 15.2 Å². The molecule has 2 aromatic rings. The standard InChI is InChI=1S/C17H21FN4O/c1-22(2)11-3-9-20-17(23)13-8-10-19-16(12-13)21-15-6-4-14(18)5-7-15/h4-8,10,12H,3,9,11H2,1-2H3,(H,19,21)(H,20,23). The molecular formula is C17H21FN4O. The lowest BCUT2D eigenvalue weighted by molar-refractivity contribution is 0.0952. The maximum atomic E-state index is 12.9. The van der Waals surface area contributed by atoms with E-state index in [4.69, 9.17) is 0 Å². The van der Waals surface area contributed by atoms with Crippen molar-refractivity contribution < 1.29 is 9.18 Å². The van der Waals surface area contributed by atoms with Crippen molar-refractivity contribution in [1.29, 1.82) is 0 Å². The summed E-state index contributed by atoms with van der Waals surface area (Å²) in [7, 11) is 4.00. The molecule has 2 N–H and O–H groups in total. The lowest BCUT2D eigenvalue weighted by Crippen LogP contribution is -2.27.